The highest BCUT2D eigenvalue weighted by molar-refractivity contribution is 7.12. The maximum absolute atomic E-state index is 12.1. The van der Waals surface area contributed by atoms with Crippen molar-refractivity contribution in [1.29, 1.82) is 0 Å². The zero-order valence-corrected chi connectivity index (χ0v) is 15.9. The third-order valence-electron chi connectivity index (χ3n) is 3.63. The molecule has 1 heterocycles. The average molecular weight is 388 g/mol. The summed E-state index contributed by atoms with van der Waals surface area (Å²) in [4.78, 5) is 47.6. The van der Waals surface area contributed by atoms with Crippen LogP contribution in [-0.4, -0.2) is 43.3 Å². The Bertz CT molecular complexity index is 846. The minimum absolute atomic E-state index is 0.258. The average Bonchev–Trinajstić information content (AvgIpc) is 3.17. The Kier molecular flexibility index (Phi) is 7.25. The number of benzene rings is 1. The van der Waals surface area contributed by atoms with Gasteiger partial charge in [0, 0.05) is 5.56 Å². The van der Waals surface area contributed by atoms with Gasteiger partial charge >= 0.3 is 5.97 Å². The smallest absolute Gasteiger partial charge is 0.325 e. The van der Waals surface area contributed by atoms with Crippen molar-refractivity contribution in [2.45, 2.75) is 13.8 Å². The van der Waals surface area contributed by atoms with Crippen molar-refractivity contribution in [1.82, 2.24) is 10.6 Å². The van der Waals surface area contributed by atoms with E-state index in [-0.39, 0.29) is 24.8 Å². The van der Waals surface area contributed by atoms with Crippen molar-refractivity contribution in [2.75, 3.05) is 19.7 Å². The molecule has 142 valence electrons. The van der Waals surface area contributed by atoms with Crippen molar-refractivity contribution in [3.05, 3.63) is 57.3 Å². The van der Waals surface area contributed by atoms with E-state index in [0.717, 1.165) is 11.1 Å². The van der Waals surface area contributed by atoms with E-state index < -0.39 is 18.5 Å². The summed E-state index contributed by atoms with van der Waals surface area (Å²) in [6.45, 7) is 2.70. The standard InChI is InChI=1S/C19H20N2O5S/c1-12-5-6-14(13(2)8-12)15(22)11-26-18(24)10-20-17(23)9-21-19(25)16-4-3-7-27-16/h3-8H,9-11H2,1-2H3,(H,20,23)(H,21,25). The Balaban J connectivity index is 1.68. The number of ether oxygens (including phenoxy) is 1. The molecule has 7 nitrogen and oxygen atoms in total. The molecule has 0 saturated heterocycles. The van der Waals surface area contributed by atoms with E-state index in [2.05, 4.69) is 10.6 Å². The van der Waals surface area contributed by atoms with Gasteiger partial charge in [-0.25, -0.2) is 0 Å². The third kappa shape index (κ3) is 6.34. The summed E-state index contributed by atoms with van der Waals surface area (Å²) < 4.78 is 4.89. The molecule has 0 radical (unpaired) electrons. The molecule has 0 aliphatic rings. The van der Waals surface area contributed by atoms with Gasteiger partial charge in [-0.05, 0) is 30.9 Å². The number of amides is 2. The van der Waals surface area contributed by atoms with Crippen LogP contribution in [0.2, 0.25) is 0 Å². The van der Waals surface area contributed by atoms with Crippen molar-refractivity contribution < 1.29 is 23.9 Å². The first-order valence-electron chi connectivity index (χ1n) is 8.21. The number of ketones is 1. The van der Waals surface area contributed by atoms with E-state index in [1.54, 1.807) is 23.6 Å². The van der Waals surface area contributed by atoms with Crippen LogP contribution in [0, 0.1) is 13.8 Å². The van der Waals surface area contributed by atoms with E-state index in [0.29, 0.717) is 10.4 Å². The lowest BCUT2D eigenvalue weighted by molar-refractivity contribution is -0.142. The highest BCUT2D eigenvalue weighted by Gasteiger charge is 2.14. The second kappa shape index (κ2) is 9.63. The molecule has 1 aromatic carbocycles. The molecule has 2 aromatic rings. The number of nitrogens with one attached hydrogen (secondary N) is 2. The van der Waals surface area contributed by atoms with Gasteiger partial charge in [-0.3, -0.25) is 19.2 Å². The maximum atomic E-state index is 12.1. The summed E-state index contributed by atoms with van der Waals surface area (Å²) in [7, 11) is 0. The van der Waals surface area contributed by atoms with Gasteiger partial charge in [0.25, 0.3) is 5.91 Å². The predicted molar refractivity (Wildman–Crippen MR) is 101 cm³/mol. The number of hydrogen-bond acceptors (Lipinski definition) is 6. The van der Waals surface area contributed by atoms with Gasteiger partial charge < -0.3 is 15.4 Å². The third-order valence-corrected chi connectivity index (χ3v) is 4.50. The lowest BCUT2D eigenvalue weighted by atomic mass is 10.0. The Morgan fingerprint density at radius 3 is 2.48 bits per heavy atom. The van der Waals surface area contributed by atoms with Crippen LogP contribution in [0.1, 0.15) is 31.2 Å². The van der Waals surface area contributed by atoms with Crippen LogP contribution in [0.3, 0.4) is 0 Å². The minimum Gasteiger partial charge on any atom is -0.456 e. The van der Waals surface area contributed by atoms with E-state index in [1.807, 2.05) is 26.0 Å². The summed E-state index contributed by atoms with van der Waals surface area (Å²) >= 11 is 1.26. The second-order valence-corrected chi connectivity index (χ2v) is 6.79. The molecule has 0 aliphatic carbocycles. The lowest BCUT2D eigenvalue weighted by Crippen LogP contribution is -2.39. The largest absolute Gasteiger partial charge is 0.456 e. The molecular formula is C19H20N2O5S. The molecule has 1 aromatic heterocycles. The second-order valence-electron chi connectivity index (χ2n) is 5.84. The lowest BCUT2D eigenvalue weighted by Gasteiger charge is -2.08. The van der Waals surface area contributed by atoms with Crippen molar-refractivity contribution in [2.24, 2.45) is 0 Å². The van der Waals surface area contributed by atoms with Crippen LogP contribution < -0.4 is 10.6 Å². The summed E-state index contributed by atoms with van der Waals surface area (Å²) in [6, 6.07) is 8.75. The molecule has 0 saturated carbocycles. The Labute approximate surface area is 160 Å². The Morgan fingerprint density at radius 2 is 1.81 bits per heavy atom. The number of aryl methyl sites for hydroxylation is 2. The summed E-state index contributed by atoms with van der Waals surface area (Å²) in [6.07, 6.45) is 0. The molecule has 0 aliphatic heterocycles. The number of hydrogen-bond donors (Lipinski definition) is 2. The fourth-order valence-corrected chi connectivity index (χ4v) is 2.93. The van der Waals surface area contributed by atoms with Gasteiger partial charge in [0.1, 0.15) is 6.54 Å². The number of carbonyl (C=O) groups excluding carboxylic acids is 4. The maximum Gasteiger partial charge on any atom is 0.325 e. The van der Waals surface area contributed by atoms with E-state index in [1.165, 1.54) is 11.3 Å². The van der Waals surface area contributed by atoms with Crippen molar-refractivity contribution in [3.63, 3.8) is 0 Å². The predicted octanol–water partition coefficient (Wildman–Crippen LogP) is 1.64. The van der Waals surface area contributed by atoms with Crippen LogP contribution in [0.5, 0.6) is 0 Å². The Hall–Kier alpha value is -3.00. The number of thiophene rings is 1. The van der Waals surface area contributed by atoms with Gasteiger partial charge in [0.15, 0.2) is 6.61 Å². The zero-order chi connectivity index (χ0) is 19.8. The Morgan fingerprint density at radius 1 is 1.04 bits per heavy atom. The molecule has 0 spiro atoms. The van der Waals surface area contributed by atoms with Gasteiger partial charge in [0.2, 0.25) is 11.7 Å². The van der Waals surface area contributed by atoms with E-state index in [4.69, 9.17) is 4.74 Å². The molecule has 27 heavy (non-hydrogen) atoms. The number of carbonyl (C=O) groups is 4. The fourth-order valence-electron chi connectivity index (χ4n) is 2.29. The molecule has 8 heteroatoms. The minimum atomic E-state index is -0.731. The van der Waals surface area contributed by atoms with Crippen molar-refractivity contribution >= 4 is 34.9 Å². The first-order chi connectivity index (χ1) is 12.9. The summed E-state index contributed by atoms with van der Waals surface area (Å²) in [5.74, 6) is -1.93. The molecule has 2 amide bonds. The highest BCUT2D eigenvalue weighted by atomic mass is 32.1. The first-order valence-corrected chi connectivity index (χ1v) is 9.09. The van der Waals surface area contributed by atoms with Crippen LogP contribution in [0.15, 0.2) is 35.7 Å². The molecule has 0 unspecified atom stereocenters. The molecule has 2 rings (SSSR count). The number of rotatable bonds is 8. The molecule has 0 atom stereocenters. The monoisotopic (exact) mass is 388 g/mol. The van der Waals surface area contributed by atoms with Gasteiger partial charge in [-0.1, -0.05) is 29.8 Å². The quantitative estimate of drug-likeness (QED) is 0.529. The van der Waals surface area contributed by atoms with Crippen LogP contribution >= 0.6 is 11.3 Å². The van der Waals surface area contributed by atoms with Crippen LogP contribution in [0.4, 0.5) is 0 Å². The SMILES string of the molecule is Cc1ccc(C(=O)COC(=O)CNC(=O)CNC(=O)c2cccs2)c(C)c1. The normalized spacial score (nSPS) is 10.1. The topological polar surface area (TPSA) is 102 Å². The fraction of sp³-hybridized carbons (Fsp3) is 0.263. The van der Waals surface area contributed by atoms with E-state index in [9.17, 15) is 19.2 Å². The molecular weight excluding hydrogens is 368 g/mol. The highest BCUT2D eigenvalue weighted by Crippen LogP contribution is 2.11. The molecule has 2 N–H and O–H groups in total. The molecule has 0 fully saturated rings. The summed E-state index contributed by atoms with van der Waals surface area (Å²) in [5.41, 5.74) is 2.34. The number of esters is 1. The first kappa shape index (κ1) is 20.3. The zero-order valence-electron chi connectivity index (χ0n) is 15.0. The van der Waals surface area contributed by atoms with Crippen molar-refractivity contribution in [3.8, 4) is 0 Å². The van der Waals surface area contributed by atoms with Gasteiger partial charge in [-0.2, -0.15) is 0 Å². The van der Waals surface area contributed by atoms with Crippen LogP contribution in [0.25, 0.3) is 0 Å². The van der Waals surface area contributed by atoms with Gasteiger partial charge in [0.05, 0.1) is 11.4 Å². The van der Waals surface area contributed by atoms with Crippen LogP contribution in [-0.2, 0) is 14.3 Å². The molecule has 0 bridgehead atoms. The van der Waals surface area contributed by atoms with E-state index >= 15 is 0 Å². The van der Waals surface area contributed by atoms with Gasteiger partial charge in [-0.15, -0.1) is 11.3 Å². The number of Topliss-reactive ketones (excluding diaryl/α,β-unsaturated/α-hetero) is 1. The summed E-state index contributed by atoms with van der Waals surface area (Å²) in [5, 5.41) is 6.53.